The lowest BCUT2D eigenvalue weighted by Crippen LogP contribution is -2.41. The molecule has 0 aliphatic carbocycles. The van der Waals surface area contributed by atoms with Crippen LogP contribution in [0.5, 0.6) is 0 Å². The third-order valence-corrected chi connectivity index (χ3v) is 5.59. The van der Waals surface area contributed by atoms with E-state index in [4.69, 9.17) is 4.98 Å². The van der Waals surface area contributed by atoms with E-state index in [1.807, 2.05) is 12.3 Å². The number of hydrogen-bond donors (Lipinski definition) is 0. The number of fused-ring (bicyclic) bond motifs is 4. The second kappa shape index (κ2) is 6.64. The zero-order chi connectivity index (χ0) is 17.4. The molecule has 5 rings (SSSR count). The van der Waals surface area contributed by atoms with E-state index in [9.17, 15) is 0 Å². The normalized spacial score (nSPS) is 23.6. The van der Waals surface area contributed by atoms with Crippen LogP contribution in [0.15, 0.2) is 36.5 Å². The van der Waals surface area contributed by atoms with Crippen molar-refractivity contribution in [2.75, 3.05) is 50.6 Å². The molecule has 0 radical (unpaired) electrons. The van der Waals surface area contributed by atoms with Gasteiger partial charge in [-0.2, -0.15) is 0 Å². The van der Waals surface area contributed by atoms with Gasteiger partial charge in [0.2, 0.25) is 5.95 Å². The maximum absolute atomic E-state index is 4.89. The van der Waals surface area contributed by atoms with Crippen molar-refractivity contribution in [1.29, 1.82) is 0 Å². The molecule has 132 valence electrons. The van der Waals surface area contributed by atoms with Gasteiger partial charge in [-0.3, -0.25) is 0 Å². The highest BCUT2D eigenvalue weighted by Gasteiger charge is 2.33. The minimum atomic E-state index is 0.630. The molecule has 25 heavy (non-hydrogen) atoms. The van der Waals surface area contributed by atoms with E-state index in [2.05, 4.69) is 65.1 Å². The molecule has 0 saturated carbocycles. The van der Waals surface area contributed by atoms with E-state index in [0.717, 1.165) is 36.2 Å². The Hall–Kier alpha value is -2.14. The Balaban J connectivity index is 1.59. The van der Waals surface area contributed by atoms with Crippen LogP contribution in [0.25, 0.3) is 11.3 Å². The summed E-state index contributed by atoms with van der Waals surface area (Å²) in [5.41, 5.74) is 3.34. The van der Waals surface area contributed by atoms with Gasteiger partial charge in [0.15, 0.2) is 0 Å². The number of aromatic nitrogens is 2. The van der Waals surface area contributed by atoms with Gasteiger partial charge in [-0.15, -0.1) is 0 Å². The van der Waals surface area contributed by atoms with E-state index >= 15 is 0 Å². The minimum absolute atomic E-state index is 0.630. The first-order valence-corrected chi connectivity index (χ1v) is 9.16. The maximum Gasteiger partial charge on any atom is 0.225 e. The lowest BCUT2D eigenvalue weighted by Gasteiger charge is -2.32. The summed E-state index contributed by atoms with van der Waals surface area (Å²) in [6.07, 6.45) is 4.52. The smallest absolute Gasteiger partial charge is 0.225 e. The number of benzene rings is 1. The molecule has 5 nitrogen and oxygen atoms in total. The summed E-state index contributed by atoms with van der Waals surface area (Å²) in [5.74, 6) is 1.61. The van der Waals surface area contributed by atoms with Crippen LogP contribution in [0, 0.1) is 5.92 Å². The van der Waals surface area contributed by atoms with Gasteiger partial charge in [-0.1, -0.05) is 12.1 Å². The van der Waals surface area contributed by atoms with Crippen molar-refractivity contribution in [3.8, 4) is 11.3 Å². The quantitative estimate of drug-likeness (QED) is 0.860. The lowest BCUT2D eigenvalue weighted by molar-refractivity contribution is 0.169. The zero-order valence-electron chi connectivity index (χ0n) is 15.4. The molecular formula is C20H27N5. The van der Waals surface area contributed by atoms with Crippen LogP contribution < -0.4 is 9.80 Å². The van der Waals surface area contributed by atoms with Crippen molar-refractivity contribution in [3.05, 3.63) is 36.5 Å². The molecule has 4 heterocycles. The molecule has 0 amide bonds. The van der Waals surface area contributed by atoms with Crippen molar-refractivity contribution in [1.82, 2.24) is 14.9 Å². The third kappa shape index (κ3) is 3.33. The average Bonchev–Trinajstić information content (AvgIpc) is 2.93. The molecule has 2 aromatic rings. The van der Waals surface area contributed by atoms with E-state index in [1.165, 1.54) is 25.1 Å². The van der Waals surface area contributed by atoms with Crippen LogP contribution in [-0.4, -0.2) is 61.7 Å². The highest BCUT2D eigenvalue weighted by Crippen LogP contribution is 2.29. The van der Waals surface area contributed by atoms with Gasteiger partial charge in [-0.05, 0) is 44.0 Å². The molecule has 3 saturated heterocycles. The summed E-state index contributed by atoms with van der Waals surface area (Å²) < 4.78 is 0. The van der Waals surface area contributed by atoms with E-state index in [-0.39, 0.29) is 0 Å². The first-order valence-electron chi connectivity index (χ1n) is 9.16. The summed E-state index contributed by atoms with van der Waals surface area (Å²) in [7, 11) is 6.37. The van der Waals surface area contributed by atoms with Gasteiger partial charge in [0.1, 0.15) is 0 Å². The van der Waals surface area contributed by atoms with Crippen LogP contribution >= 0.6 is 0 Å². The number of rotatable bonds is 3. The van der Waals surface area contributed by atoms with Crippen LogP contribution in [0.3, 0.4) is 0 Å². The second-order valence-corrected chi connectivity index (χ2v) is 7.62. The minimum Gasteiger partial charge on any atom is -0.378 e. The molecule has 3 fully saturated rings. The summed E-state index contributed by atoms with van der Waals surface area (Å²) in [6.45, 7) is 3.31. The second-order valence-electron chi connectivity index (χ2n) is 7.62. The number of likely N-dealkylation sites (N-methyl/N-ethyl adjacent to an activating group) is 1. The Morgan fingerprint density at radius 1 is 1.00 bits per heavy atom. The summed E-state index contributed by atoms with van der Waals surface area (Å²) in [6, 6.07) is 11.2. The highest BCUT2D eigenvalue weighted by molar-refractivity contribution is 5.63. The number of anilines is 2. The van der Waals surface area contributed by atoms with Crippen molar-refractivity contribution < 1.29 is 0 Å². The van der Waals surface area contributed by atoms with E-state index < -0.39 is 0 Å². The molecule has 0 spiro atoms. The molecule has 3 aliphatic heterocycles. The van der Waals surface area contributed by atoms with Crippen LogP contribution in [0.4, 0.5) is 11.6 Å². The monoisotopic (exact) mass is 337 g/mol. The fourth-order valence-electron chi connectivity index (χ4n) is 4.07. The number of nitrogens with zero attached hydrogens (tertiary/aromatic N) is 5. The standard InChI is InChI=1S/C20H27N5/c1-23(2)17-8-5-16(6-9-17)19-10-11-21-20(22-19)25-13-15-4-7-18(14-25)24(3)12-15/h5-6,8-11,15,18H,4,7,12-14H2,1-3H3/t15-,18-/m0/s1. The molecular weight excluding hydrogens is 310 g/mol. The largest absolute Gasteiger partial charge is 0.378 e. The number of piperidine rings is 1. The predicted molar refractivity (Wildman–Crippen MR) is 103 cm³/mol. The third-order valence-electron chi connectivity index (χ3n) is 5.59. The molecule has 2 atom stereocenters. The van der Waals surface area contributed by atoms with Crippen LogP contribution in [0.2, 0.25) is 0 Å². The predicted octanol–water partition coefficient (Wildman–Crippen LogP) is 2.74. The summed E-state index contributed by atoms with van der Waals surface area (Å²) in [4.78, 5) is 16.5. The average molecular weight is 337 g/mol. The molecule has 1 aromatic carbocycles. The van der Waals surface area contributed by atoms with Crippen LogP contribution in [-0.2, 0) is 0 Å². The number of hydrogen-bond acceptors (Lipinski definition) is 5. The fraction of sp³-hybridized carbons (Fsp3) is 0.500. The SMILES string of the molecule is CN(C)c1ccc(-c2ccnc(N3C[C@H]4CC[C@@H](C3)N(C)C4)n2)cc1. The Kier molecular flexibility index (Phi) is 4.34. The van der Waals surface area contributed by atoms with Crippen molar-refractivity contribution in [2.45, 2.75) is 18.9 Å². The molecule has 0 N–H and O–H groups in total. The van der Waals surface area contributed by atoms with Gasteiger partial charge >= 0.3 is 0 Å². The first-order chi connectivity index (χ1) is 12.1. The van der Waals surface area contributed by atoms with Crippen molar-refractivity contribution in [2.24, 2.45) is 5.92 Å². The molecule has 2 bridgehead atoms. The summed E-state index contributed by atoms with van der Waals surface area (Å²) in [5, 5.41) is 0. The zero-order valence-corrected chi connectivity index (χ0v) is 15.4. The van der Waals surface area contributed by atoms with Crippen molar-refractivity contribution >= 4 is 11.6 Å². The van der Waals surface area contributed by atoms with Gasteiger partial charge in [0.25, 0.3) is 0 Å². The van der Waals surface area contributed by atoms with E-state index in [1.54, 1.807) is 0 Å². The topological polar surface area (TPSA) is 35.5 Å². The Bertz CT molecular complexity index is 727. The highest BCUT2D eigenvalue weighted by atomic mass is 15.3. The molecule has 5 heteroatoms. The van der Waals surface area contributed by atoms with Gasteiger partial charge in [0.05, 0.1) is 5.69 Å². The molecule has 3 aliphatic rings. The van der Waals surface area contributed by atoms with Gasteiger partial charge in [-0.25, -0.2) is 9.97 Å². The molecule has 1 aromatic heterocycles. The first kappa shape index (κ1) is 16.3. The van der Waals surface area contributed by atoms with E-state index in [0.29, 0.717) is 6.04 Å². The van der Waals surface area contributed by atoms with Gasteiger partial charge in [0, 0.05) is 57.2 Å². The Morgan fingerprint density at radius 2 is 1.80 bits per heavy atom. The Labute approximate surface area is 150 Å². The Morgan fingerprint density at radius 3 is 2.52 bits per heavy atom. The van der Waals surface area contributed by atoms with Crippen LogP contribution in [0.1, 0.15) is 12.8 Å². The lowest BCUT2D eigenvalue weighted by atomic mass is 9.96. The molecule has 0 unspecified atom stereocenters. The summed E-state index contributed by atoms with van der Waals surface area (Å²) >= 11 is 0. The fourth-order valence-corrected chi connectivity index (χ4v) is 4.07. The van der Waals surface area contributed by atoms with Crippen molar-refractivity contribution in [3.63, 3.8) is 0 Å². The van der Waals surface area contributed by atoms with Gasteiger partial charge < -0.3 is 14.7 Å². The maximum atomic E-state index is 4.89.